The third-order valence-electron chi connectivity index (χ3n) is 8.31. The van der Waals surface area contributed by atoms with Gasteiger partial charge < -0.3 is 0 Å². The number of nitro benzene ring substituents is 2. The first kappa shape index (κ1) is 23.8. The molecule has 0 aliphatic heterocycles. The number of fused-ring (bicyclic) bond motifs is 4. The lowest BCUT2D eigenvalue weighted by Gasteiger charge is -2.23. The van der Waals surface area contributed by atoms with Gasteiger partial charge in [-0.3, -0.25) is 29.8 Å². The van der Waals surface area contributed by atoms with Gasteiger partial charge in [-0.05, 0) is 46.3 Å². The maximum absolute atomic E-state index is 13.4. The molecule has 8 rings (SSSR count). The predicted octanol–water partition coefficient (Wildman–Crippen LogP) is 7.90. The average molecular weight is 549 g/mol. The fraction of sp³-hybridized carbons (Fsp3) is 0. The molecule has 0 amide bonds. The van der Waals surface area contributed by atoms with Crippen molar-refractivity contribution < 1.29 is 19.4 Å². The van der Waals surface area contributed by atoms with Gasteiger partial charge in [0.05, 0.1) is 26.4 Å². The number of ketones is 2. The second-order valence-electron chi connectivity index (χ2n) is 10.4. The van der Waals surface area contributed by atoms with Gasteiger partial charge in [-0.1, -0.05) is 66.7 Å². The number of hydrogen-bond donors (Lipinski definition) is 0. The van der Waals surface area contributed by atoms with Crippen molar-refractivity contribution in [1.29, 1.82) is 0 Å². The van der Waals surface area contributed by atoms with Crippen molar-refractivity contribution in [2.24, 2.45) is 0 Å². The van der Waals surface area contributed by atoms with E-state index in [9.17, 15) is 29.8 Å². The Morgan fingerprint density at radius 1 is 0.500 bits per heavy atom. The molecule has 0 unspecified atom stereocenters. The molecule has 0 bridgehead atoms. The summed E-state index contributed by atoms with van der Waals surface area (Å²) >= 11 is 0. The molecular formula is C34H16N2O6. The van der Waals surface area contributed by atoms with E-state index < -0.39 is 9.85 Å². The molecule has 0 spiro atoms. The summed E-state index contributed by atoms with van der Waals surface area (Å²) in [6.45, 7) is 0. The first-order valence-corrected chi connectivity index (χ1v) is 13.1. The molecule has 2 aliphatic carbocycles. The molecule has 0 saturated heterocycles. The number of carbonyl (C=O) groups is 2. The largest absolute Gasteiger partial charge is 0.289 e. The summed E-state index contributed by atoms with van der Waals surface area (Å²) < 4.78 is 0. The zero-order chi connectivity index (χ0) is 28.9. The summed E-state index contributed by atoms with van der Waals surface area (Å²) in [5, 5.41) is 26.9. The van der Waals surface area contributed by atoms with Gasteiger partial charge in [-0.25, -0.2) is 0 Å². The zero-order valence-corrected chi connectivity index (χ0v) is 21.6. The van der Waals surface area contributed by atoms with Crippen molar-refractivity contribution in [3.8, 4) is 33.4 Å². The Morgan fingerprint density at radius 3 is 1.81 bits per heavy atom. The smallest absolute Gasteiger partial charge is 0.285 e. The van der Waals surface area contributed by atoms with Crippen LogP contribution in [-0.4, -0.2) is 21.4 Å². The van der Waals surface area contributed by atoms with Gasteiger partial charge in [0.2, 0.25) is 0 Å². The van der Waals surface area contributed by atoms with E-state index in [-0.39, 0.29) is 33.9 Å². The van der Waals surface area contributed by atoms with Gasteiger partial charge in [-0.15, -0.1) is 0 Å². The fourth-order valence-corrected chi connectivity index (χ4v) is 6.60. The minimum Gasteiger partial charge on any atom is -0.289 e. The number of rotatable bonds is 3. The van der Waals surface area contributed by atoms with Crippen molar-refractivity contribution in [2.75, 3.05) is 0 Å². The van der Waals surface area contributed by atoms with Crippen molar-refractivity contribution in [2.45, 2.75) is 0 Å². The van der Waals surface area contributed by atoms with Crippen LogP contribution in [0.4, 0.5) is 11.4 Å². The topological polar surface area (TPSA) is 120 Å². The summed E-state index contributed by atoms with van der Waals surface area (Å²) in [4.78, 5) is 50.9. The Kier molecular flexibility index (Phi) is 4.68. The predicted molar refractivity (Wildman–Crippen MR) is 158 cm³/mol. The maximum atomic E-state index is 13.4. The molecule has 0 fully saturated rings. The number of carbonyl (C=O) groups excluding carboxylic acids is 2. The Balaban J connectivity index is 1.56. The first-order chi connectivity index (χ1) is 20.3. The lowest BCUT2D eigenvalue weighted by molar-refractivity contribution is -0.383. The number of hydrogen-bond acceptors (Lipinski definition) is 6. The summed E-state index contributed by atoms with van der Waals surface area (Å²) in [5.41, 5.74) is 3.81. The molecule has 8 nitrogen and oxygen atoms in total. The quantitative estimate of drug-likeness (QED) is 0.163. The van der Waals surface area contributed by atoms with Gasteiger partial charge in [0.15, 0.2) is 11.6 Å². The van der Waals surface area contributed by atoms with Gasteiger partial charge in [0, 0.05) is 44.7 Å². The van der Waals surface area contributed by atoms with Crippen LogP contribution in [-0.2, 0) is 0 Å². The van der Waals surface area contributed by atoms with Crippen LogP contribution in [0.25, 0.3) is 54.9 Å². The van der Waals surface area contributed by atoms with Crippen molar-refractivity contribution in [3.05, 3.63) is 140 Å². The van der Waals surface area contributed by atoms with E-state index in [4.69, 9.17) is 0 Å². The normalized spacial score (nSPS) is 12.8. The third-order valence-corrected chi connectivity index (χ3v) is 8.31. The lowest BCUT2D eigenvalue weighted by Crippen LogP contribution is -2.12. The molecule has 0 saturated carbocycles. The highest BCUT2D eigenvalue weighted by Crippen LogP contribution is 2.51. The zero-order valence-electron chi connectivity index (χ0n) is 21.6. The molecule has 6 aromatic rings. The molecule has 0 radical (unpaired) electrons. The summed E-state index contributed by atoms with van der Waals surface area (Å²) in [5.74, 6) is -0.439. The van der Waals surface area contributed by atoms with Crippen LogP contribution in [0.1, 0.15) is 31.8 Å². The Hall–Kier alpha value is -6.02. The van der Waals surface area contributed by atoms with Gasteiger partial charge in [0.25, 0.3) is 11.4 Å². The third kappa shape index (κ3) is 3.00. The van der Waals surface area contributed by atoms with Gasteiger partial charge in [-0.2, -0.15) is 0 Å². The lowest BCUT2D eigenvalue weighted by atomic mass is 9.78. The van der Waals surface area contributed by atoms with E-state index >= 15 is 0 Å². The summed E-state index contributed by atoms with van der Waals surface area (Å²) in [6.07, 6.45) is 0. The first-order valence-electron chi connectivity index (χ1n) is 13.1. The van der Waals surface area contributed by atoms with Crippen LogP contribution in [0, 0.1) is 20.2 Å². The molecule has 42 heavy (non-hydrogen) atoms. The summed E-state index contributed by atoms with van der Waals surface area (Å²) in [7, 11) is 0. The SMILES string of the molecule is O=C1c2ccccc2-c2c([N+](=O)[O-])c(-c3cc4c5c(ccc([N+](=O)[O-])c5c3)C(=O)c3ccccc3-4)cc3cccc1c23. The molecule has 8 heteroatoms. The molecule has 198 valence electrons. The Morgan fingerprint density at radius 2 is 1.12 bits per heavy atom. The molecule has 0 heterocycles. The second kappa shape index (κ2) is 8.25. The minimum absolute atomic E-state index is 0.194. The van der Waals surface area contributed by atoms with Crippen LogP contribution in [0.2, 0.25) is 0 Å². The van der Waals surface area contributed by atoms with Crippen LogP contribution in [0.15, 0.2) is 97.1 Å². The van der Waals surface area contributed by atoms with Crippen LogP contribution in [0.5, 0.6) is 0 Å². The van der Waals surface area contributed by atoms with E-state index in [1.54, 1.807) is 84.9 Å². The number of non-ortho nitro benzene ring substituents is 1. The monoisotopic (exact) mass is 548 g/mol. The van der Waals surface area contributed by atoms with E-state index in [0.717, 1.165) is 0 Å². The van der Waals surface area contributed by atoms with Crippen LogP contribution < -0.4 is 0 Å². The summed E-state index contributed by atoms with van der Waals surface area (Å²) in [6, 6.07) is 26.9. The van der Waals surface area contributed by atoms with Gasteiger partial charge in [0.1, 0.15) is 0 Å². The molecule has 6 aromatic carbocycles. The maximum Gasteiger partial charge on any atom is 0.285 e. The fourth-order valence-electron chi connectivity index (χ4n) is 6.60. The van der Waals surface area contributed by atoms with Crippen molar-refractivity contribution in [3.63, 3.8) is 0 Å². The van der Waals surface area contributed by atoms with Crippen LogP contribution in [0.3, 0.4) is 0 Å². The minimum atomic E-state index is -0.510. The standard InChI is InChI=1S/C34H16N2O6/c37-33-21-9-3-1-7-19(21)26-15-18(16-27-28(35(39)40)13-12-24(33)30(26)27)25-14-17-6-5-11-23-29(17)31(32(25)36(41)42)20-8-2-4-10-22(20)34(23)38/h1-16H. The van der Waals surface area contributed by atoms with E-state index in [1.807, 2.05) is 0 Å². The number of nitrogens with zero attached hydrogens (tertiary/aromatic N) is 2. The van der Waals surface area contributed by atoms with E-state index in [0.29, 0.717) is 66.2 Å². The molecular weight excluding hydrogens is 532 g/mol. The number of benzene rings is 6. The second-order valence-corrected chi connectivity index (χ2v) is 10.4. The van der Waals surface area contributed by atoms with Gasteiger partial charge >= 0.3 is 0 Å². The molecule has 0 aromatic heterocycles. The highest BCUT2D eigenvalue weighted by Gasteiger charge is 2.35. The molecule has 0 N–H and O–H groups in total. The highest BCUT2D eigenvalue weighted by atomic mass is 16.6. The van der Waals surface area contributed by atoms with E-state index in [2.05, 4.69) is 0 Å². The molecule has 0 atom stereocenters. The Bertz CT molecular complexity index is 2300. The van der Waals surface area contributed by atoms with Crippen LogP contribution >= 0.6 is 0 Å². The van der Waals surface area contributed by atoms with Crippen molar-refractivity contribution in [1.82, 2.24) is 0 Å². The number of nitro groups is 2. The Labute approximate surface area is 236 Å². The average Bonchev–Trinajstić information content (AvgIpc) is 3.01. The van der Waals surface area contributed by atoms with E-state index in [1.165, 1.54) is 12.1 Å². The molecule has 2 aliphatic rings. The van der Waals surface area contributed by atoms with Crippen molar-refractivity contribution >= 4 is 44.5 Å². The highest BCUT2D eigenvalue weighted by molar-refractivity contribution is 6.29.